The van der Waals surface area contributed by atoms with Crippen molar-refractivity contribution in [2.24, 2.45) is 0 Å². The van der Waals surface area contributed by atoms with E-state index in [4.69, 9.17) is 6.58 Å². The fourth-order valence-electron chi connectivity index (χ4n) is 0.373. The summed E-state index contributed by atoms with van der Waals surface area (Å²) >= 11 is 1.58. The molecule has 0 N–H and O–H groups in total. The Hall–Kier alpha value is -0.560. The van der Waals surface area contributed by atoms with E-state index >= 15 is 0 Å². The van der Waals surface area contributed by atoms with Gasteiger partial charge in [0.2, 0.25) is 0 Å². The van der Waals surface area contributed by atoms with Gasteiger partial charge < -0.3 is 0 Å². The van der Waals surface area contributed by atoms with E-state index in [9.17, 15) is 0 Å². The first-order valence-electron chi connectivity index (χ1n) is 1.97. The van der Waals surface area contributed by atoms with Gasteiger partial charge in [-0.3, -0.25) is 0 Å². The zero-order valence-electron chi connectivity index (χ0n) is 3.72. The Bertz CT molecular complexity index is 139. The van der Waals surface area contributed by atoms with Crippen molar-refractivity contribution in [3.05, 3.63) is 29.0 Å². The van der Waals surface area contributed by atoms with E-state index in [1.807, 2.05) is 17.5 Å². The Balaban J connectivity index is 2.96. The predicted octanol–water partition coefficient (Wildman–Crippen LogP) is 2.07. The van der Waals surface area contributed by atoms with Gasteiger partial charge in [-0.25, -0.2) is 0 Å². The molecular weight excluding hydrogens is 104 g/mol. The average Bonchev–Trinajstić information content (AvgIpc) is 2.14. The van der Waals surface area contributed by atoms with Crippen LogP contribution in [0, 0.1) is 6.58 Å². The average molecular weight is 108 g/mol. The molecule has 0 spiro atoms. The summed E-state index contributed by atoms with van der Waals surface area (Å²) in [5, 5.41) is 1.96. The van der Waals surface area contributed by atoms with Crippen LogP contribution in [0.15, 0.2) is 17.5 Å². The molecule has 1 aromatic rings. The molecule has 1 rings (SSSR count). The van der Waals surface area contributed by atoms with Crippen molar-refractivity contribution in [3.63, 3.8) is 0 Å². The van der Waals surface area contributed by atoms with Crippen LogP contribution in [0.5, 0.6) is 0 Å². The molecule has 0 unspecified atom stereocenters. The van der Waals surface area contributed by atoms with Crippen LogP contribution in [-0.2, 0) is 0 Å². The number of thiophene rings is 1. The van der Waals surface area contributed by atoms with E-state index < -0.39 is 0 Å². The lowest BCUT2D eigenvalue weighted by Gasteiger charge is -1.70. The Morgan fingerprint density at radius 2 is 2.57 bits per heavy atom. The van der Waals surface area contributed by atoms with Crippen molar-refractivity contribution in [1.82, 2.24) is 0 Å². The summed E-state index contributed by atoms with van der Waals surface area (Å²) in [6.07, 6.45) is 1.35. The van der Waals surface area contributed by atoms with Crippen molar-refractivity contribution >= 4 is 17.4 Å². The smallest absolute Gasteiger partial charge is 0.0276 e. The Morgan fingerprint density at radius 3 is 2.86 bits per heavy atom. The maximum atomic E-state index is 6.75. The van der Waals surface area contributed by atoms with E-state index in [2.05, 4.69) is 0 Å². The zero-order chi connectivity index (χ0) is 5.11. The lowest BCUT2D eigenvalue weighted by molar-refractivity contribution is 1.96. The Labute approximate surface area is 47.1 Å². The molecule has 0 saturated carbocycles. The quantitative estimate of drug-likeness (QED) is 0.516. The van der Waals surface area contributed by atoms with Crippen LogP contribution in [0.4, 0.5) is 0 Å². The normalized spacial score (nSPS) is 8.57. The summed E-state index contributed by atoms with van der Waals surface area (Å²) in [6, 6.07) is 3.85. The maximum absolute atomic E-state index is 6.75. The van der Waals surface area contributed by atoms with Crippen LogP contribution in [0.3, 0.4) is 0 Å². The van der Waals surface area contributed by atoms with E-state index in [1.165, 1.54) is 6.08 Å². The van der Waals surface area contributed by atoms with Crippen LogP contribution in [-0.4, -0.2) is 0 Å². The largest absolute Gasteiger partial charge is 0.144 e. The van der Waals surface area contributed by atoms with Gasteiger partial charge in [0, 0.05) is 4.88 Å². The molecule has 34 valence electrons. The van der Waals surface area contributed by atoms with Gasteiger partial charge in [-0.2, -0.15) is 0 Å². The standard InChI is InChI=1S/C6H4S/c1-2-6-4-3-5-7-6/h2-5H. The highest BCUT2D eigenvalue weighted by Gasteiger charge is 1.79. The third kappa shape index (κ3) is 0.904. The van der Waals surface area contributed by atoms with Crippen molar-refractivity contribution in [3.8, 4) is 0 Å². The highest BCUT2D eigenvalue weighted by molar-refractivity contribution is 7.10. The monoisotopic (exact) mass is 108 g/mol. The first-order valence-corrected chi connectivity index (χ1v) is 2.85. The summed E-state index contributed by atoms with van der Waals surface area (Å²) in [5.41, 5.74) is 0. The summed E-state index contributed by atoms with van der Waals surface area (Å²) in [4.78, 5) is 1.01. The van der Waals surface area contributed by atoms with E-state index in [0.717, 1.165) is 4.88 Å². The van der Waals surface area contributed by atoms with Gasteiger partial charge >= 0.3 is 0 Å². The number of hydrogen-bond donors (Lipinski definition) is 0. The van der Waals surface area contributed by atoms with Gasteiger partial charge in [-0.05, 0) is 24.1 Å². The topological polar surface area (TPSA) is 0 Å². The van der Waals surface area contributed by atoms with Gasteiger partial charge in [0.05, 0.1) is 0 Å². The fraction of sp³-hybridized carbons (Fsp3) is 0. The molecule has 1 heteroatoms. The van der Waals surface area contributed by atoms with Crippen molar-refractivity contribution in [1.29, 1.82) is 0 Å². The molecule has 1 heterocycles. The molecule has 0 fully saturated rings. The summed E-state index contributed by atoms with van der Waals surface area (Å²) in [7, 11) is 0. The molecular formula is C6H4S. The van der Waals surface area contributed by atoms with Gasteiger partial charge in [-0.1, -0.05) is 6.07 Å². The number of hydrogen-bond acceptors (Lipinski definition) is 1. The molecule has 0 atom stereocenters. The Kier molecular flexibility index (Phi) is 1.27. The lowest BCUT2D eigenvalue weighted by atomic mass is 10.5. The molecule has 7 heavy (non-hydrogen) atoms. The third-order valence-corrected chi connectivity index (χ3v) is 1.50. The van der Waals surface area contributed by atoms with E-state index in [1.54, 1.807) is 11.3 Å². The second kappa shape index (κ2) is 1.94. The zero-order valence-corrected chi connectivity index (χ0v) is 4.53. The van der Waals surface area contributed by atoms with Crippen LogP contribution in [0.25, 0.3) is 6.08 Å². The number of rotatable bonds is 1. The van der Waals surface area contributed by atoms with Gasteiger partial charge in [0.15, 0.2) is 0 Å². The molecule has 0 saturated heterocycles. The van der Waals surface area contributed by atoms with Crippen molar-refractivity contribution in [2.75, 3.05) is 0 Å². The highest BCUT2D eigenvalue weighted by Crippen LogP contribution is 2.07. The molecule has 0 bridgehead atoms. The summed E-state index contributed by atoms with van der Waals surface area (Å²) in [6.45, 7) is 6.75. The van der Waals surface area contributed by atoms with E-state index in [-0.39, 0.29) is 0 Å². The second-order valence-electron chi connectivity index (χ2n) is 1.16. The SMILES string of the molecule is [C]=Cc1cccs1. The minimum atomic E-state index is 1.01. The molecule has 0 aliphatic heterocycles. The first-order chi connectivity index (χ1) is 3.43. The molecule has 0 aliphatic rings. The minimum Gasteiger partial charge on any atom is -0.144 e. The highest BCUT2D eigenvalue weighted by atomic mass is 32.1. The molecule has 0 aromatic carbocycles. The van der Waals surface area contributed by atoms with Crippen LogP contribution in [0.1, 0.15) is 4.88 Å². The fourth-order valence-corrected chi connectivity index (χ4v) is 0.913. The Morgan fingerprint density at radius 1 is 1.71 bits per heavy atom. The molecule has 0 aliphatic carbocycles. The first kappa shape index (κ1) is 4.60. The minimum absolute atomic E-state index is 1.01. The van der Waals surface area contributed by atoms with Gasteiger partial charge in [0.1, 0.15) is 0 Å². The molecule has 1 aromatic heterocycles. The van der Waals surface area contributed by atoms with E-state index in [0.29, 0.717) is 0 Å². The van der Waals surface area contributed by atoms with Gasteiger partial charge in [-0.15, -0.1) is 11.3 Å². The van der Waals surface area contributed by atoms with Crippen LogP contribution >= 0.6 is 11.3 Å². The third-order valence-electron chi connectivity index (χ3n) is 0.685. The predicted molar refractivity (Wildman–Crippen MR) is 32.0 cm³/mol. The molecule has 0 nitrogen and oxygen atoms in total. The van der Waals surface area contributed by atoms with Crippen LogP contribution < -0.4 is 0 Å². The summed E-state index contributed by atoms with van der Waals surface area (Å²) < 4.78 is 0. The molecule has 2 radical (unpaired) electrons. The lowest BCUT2D eigenvalue weighted by Crippen LogP contribution is -1.46. The second-order valence-corrected chi connectivity index (χ2v) is 2.14. The van der Waals surface area contributed by atoms with Gasteiger partial charge in [0.25, 0.3) is 0 Å². The van der Waals surface area contributed by atoms with Crippen molar-refractivity contribution < 1.29 is 0 Å². The molecule has 0 amide bonds. The van der Waals surface area contributed by atoms with Crippen LogP contribution in [0.2, 0.25) is 0 Å². The van der Waals surface area contributed by atoms with Crippen molar-refractivity contribution in [2.45, 2.75) is 0 Å². The summed E-state index contributed by atoms with van der Waals surface area (Å²) in [5.74, 6) is 0. The maximum Gasteiger partial charge on any atom is 0.0276 e.